The second-order valence-electron chi connectivity index (χ2n) is 20.4. The highest BCUT2D eigenvalue weighted by Gasteiger charge is 2.48. The minimum absolute atomic E-state index is 0.115. The maximum Gasteiger partial charge on any atom is 0.253 e. The van der Waals surface area contributed by atoms with Gasteiger partial charge in [-0.2, -0.15) is 0 Å². The summed E-state index contributed by atoms with van der Waals surface area (Å²) in [4.78, 5) is 2.52. The Labute approximate surface area is 396 Å². The van der Waals surface area contributed by atoms with Crippen molar-refractivity contribution >= 4 is 94.5 Å². The van der Waals surface area contributed by atoms with Crippen LogP contribution < -0.4 is 21.3 Å². The number of para-hydroxylation sites is 2. The summed E-state index contributed by atoms with van der Waals surface area (Å²) in [6.07, 6.45) is 0. The number of benzene rings is 10. The molecular weight excluding hydrogens is 822 g/mol. The van der Waals surface area contributed by atoms with Crippen LogP contribution in [0.3, 0.4) is 0 Å². The third kappa shape index (κ3) is 4.38. The van der Waals surface area contributed by atoms with Crippen molar-refractivity contribution < 1.29 is 1.37 Å². The summed E-state index contributed by atoms with van der Waals surface area (Å²) in [5.74, 6) is -0.797. The number of aromatic nitrogens is 2. The summed E-state index contributed by atoms with van der Waals surface area (Å²) in [6, 6.07) is 71.0. The first-order valence-electron chi connectivity index (χ1n) is 24.6. The van der Waals surface area contributed by atoms with Crippen LogP contribution in [0, 0.1) is 0 Å². The van der Waals surface area contributed by atoms with Gasteiger partial charge in [-0.25, -0.2) is 0 Å². The molecule has 0 amide bonds. The molecule has 4 heterocycles. The zero-order valence-corrected chi connectivity index (χ0v) is 38.3. The van der Waals surface area contributed by atoms with Crippen LogP contribution in [-0.2, 0) is 5.41 Å². The fourth-order valence-corrected chi connectivity index (χ4v) is 13.6. The number of fused-ring (bicyclic) bond motifs is 14. The van der Waals surface area contributed by atoms with Crippen LogP contribution in [0.1, 0.15) is 51.7 Å². The van der Waals surface area contributed by atoms with Crippen molar-refractivity contribution in [2.45, 2.75) is 39.0 Å². The second-order valence-corrected chi connectivity index (χ2v) is 20.4. The molecule has 4 heteroatoms. The topological polar surface area (TPSA) is 13.1 Å². The molecule has 0 radical (unpaired) electrons. The minimum Gasteiger partial charge on any atom is -0.311 e. The minimum atomic E-state index is -0.797. The van der Waals surface area contributed by atoms with Crippen molar-refractivity contribution in [3.63, 3.8) is 0 Å². The van der Waals surface area contributed by atoms with E-state index in [1.165, 1.54) is 127 Å². The van der Waals surface area contributed by atoms with Gasteiger partial charge in [-0.15, -0.1) is 0 Å². The van der Waals surface area contributed by atoms with E-state index in [1.807, 2.05) is 13.8 Å². The molecule has 0 N–H and O–H groups in total. The zero-order chi connectivity index (χ0) is 45.8. The summed E-state index contributed by atoms with van der Waals surface area (Å²) in [6.45, 7) is 8.76. The summed E-state index contributed by atoms with van der Waals surface area (Å²) >= 11 is 0. The standard InChI is InChI=1S/C64H44BN3/c1-36(2)38-29-30-52-50(32-38)65-61-55(66(52)39-17-6-5-7-18-39)33-40(67-53-27-15-24-45-42-20-9-8-19-41(42)44-23-14-16-37-28-31-54(67)60(57(37)44)59(45)53)34-56(61)68-51-26-13-11-21-43(51)47-35-49-58(62(65)63(47)68)46-22-10-12-25-48(46)64(49,3)4/h5-36H,1-4H3/i36D. The van der Waals surface area contributed by atoms with Gasteiger partial charge in [-0.05, 0) is 138 Å². The fourth-order valence-electron chi connectivity index (χ4n) is 13.6. The summed E-state index contributed by atoms with van der Waals surface area (Å²) in [5, 5.41) is 7.73. The van der Waals surface area contributed by atoms with Crippen molar-refractivity contribution in [1.82, 2.24) is 9.13 Å². The Kier molecular flexibility index (Phi) is 6.72. The molecule has 0 saturated heterocycles. The van der Waals surface area contributed by atoms with E-state index in [-0.39, 0.29) is 12.1 Å². The molecule has 2 aromatic heterocycles. The molecule has 0 atom stereocenters. The molecular formula is C64H44BN3. The summed E-state index contributed by atoms with van der Waals surface area (Å²) in [5.41, 5.74) is 25.9. The molecule has 12 aromatic rings. The second kappa shape index (κ2) is 12.7. The van der Waals surface area contributed by atoms with E-state index in [4.69, 9.17) is 0 Å². The van der Waals surface area contributed by atoms with Crippen LogP contribution >= 0.6 is 0 Å². The van der Waals surface area contributed by atoms with Gasteiger partial charge in [-0.3, -0.25) is 0 Å². The molecule has 0 bridgehead atoms. The lowest BCUT2D eigenvalue weighted by atomic mass is 9.32. The monoisotopic (exact) mass is 866 g/mol. The van der Waals surface area contributed by atoms with Crippen LogP contribution in [0.5, 0.6) is 0 Å². The molecule has 0 unspecified atom stereocenters. The Morgan fingerprint density at radius 1 is 0.471 bits per heavy atom. The molecule has 0 fully saturated rings. The molecule has 10 aromatic carbocycles. The van der Waals surface area contributed by atoms with E-state index < -0.39 is 5.89 Å². The predicted octanol–water partition coefficient (Wildman–Crippen LogP) is 14.7. The highest BCUT2D eigenvalue weighted by molar-refractivity contribution is 7.01. The molecule has 2 aliphatic carbocycles. The Morgan fingerprint density at radius 3 is 1.97 bits per heavy atom. The van der Waals surface area contributed by atoms with Crippen molar-refractivity contribution in [2.24, 2.45) is 0 Å². The van der Waals surface area contributed by atoms with E-state index >= 15 is 0 Å². The van der Waals surface area contributed by atoms with Gasteiger partial charge in [0, 0.05) is 56.6 Å². The van der Waals surface area contributed by atoms with Crippen LogP contribution in [0.15, 0.2) is 188 Å². The number of rotatable bonds is 3. The number of hydrogen-bond donors (Lipinski definition) is 0. The number of nitrogens with zero attached hydrogens (tertiary/aromatic N) is 3. The lowest BCUT2D eigenvalue weighted by Crippen LogP contribution is -2.61. The van der Waals surface area contributed by atoms with Gasteiger partial charge in [0.2, 0.25) is 0 Å². The highest BCUT2D eigenvalue weighted by Crippen LogP contribution is 2.54. The first kappa shape index (κ1) is 36.1. The average molecular weight is 867 g/mol. The van der Waals surface area contributed by atoms with Gasteiger partial charge >= 0.3 is 0 Å². The van der Waals surface area contributed by atoms with E-state index in [0.29, 0.717) is 0 Å². The van der Waals surface area contributed by atoms with E-state index in [9.17, 15) is 1.37 Å². The molecule has 318 valence electrons. The van der Waals surface area contributed by atoms with Gasteiger partial charge in [-0.1, -0.05) is 161 Å². The van der Waals surface area contributed by atoms with E-state index in [1.54, 1.807) is 0 Å². The molecule has 16 rings (SSSR count). The van der Waals surface area contributed by atoms with Gasteiger partial charge < -0.3 is 14.0 Å². The Hall–Kier alpha value is -8.08. The van der Waals surface area contributed by atoms with E-state index in [2.05, 4.69) is 216 Å². The van der Waals surface area contributed by atoms with Crippen LogP contribution in [0.2, 0.25) is 0 Å². The largest absolute Gasteiger partial charge is 0.311 e. The fraction of sp³-hybridized carbons (Fsp3) is 0.0938. The van der Waals surface area contributed by atoms with Gasteiger partial charge in [0.1, 0.15) is 0 Å². The SMILES string of the molecule is [2H]C(C)(C)c1ccc2c(c1)B1c3c(cc(-n4c5cccc6c5c5c7c(cccc7ccc54)-c4ccccc4-6)cc3-n3c4ccccc4c4cc5c(c1c43)-c1ccccc1C5(C)C)N2c1ccccc1. The molecule has 4 aliphatic rings. The van der Waals surface area contributed by atoms with Crippen LogP contribution in [0.4, 0.5) is 17.1 Å². The Bertz CT molecular complexity index is 4340. The zero-order valence-electron chi connectivity index (χ0n) is 39.3. The van der Waals surface area contributed by atoms with Crippen molar-refractivity contribution in [2.75, 3.05) is 4.90 Å². The molecule has 2 aliphatic heterocycles. The number of hydrogen-bond acceptors (Lipinski definition) is 1. The maximum absolute atomic E-state index is 9.45. The first-order chi connectivity index (χ1) is 33.7. The maximum atomic E-state index is 9.45. The van der Waals surface area contributed by atoms with Crippen molar-refractivity contribution in [3.05, 3.63) is 205 Å². The average Bonchev–Trinajstić information content (AvgIpc) is 3.94. The first-order valence-corrected chi connectivity index (χ1v) is 24.1. The molecule has 0 saturated carbocycles. The summed E-state index contributed by atoms with van der Waals surface area (Å²) in [7, 11) is 0. The smallest absolute Gasteiger partial charge is 0.253 e. The predicted molar refractivity (Wildman–Crippen MR) is 288 cm³/mol. The summed E-state index contributed by atoms with van der Waals surface area (Å²) < 4.78 is 14.6. The highest BCUT2D eigenvalue weighted by atomic mass is 15.2. The van der Waals surface area contributed by atoms with E-state index in [0.717, 1.165) is 22.6 Å². The van der Waals surface area contributed by atoms with Crippen LogP contribution in [-0.4, -0.2) is 15.8 Å². The van der Waals surface area contributed by atoms with Gasteiger partial charge in [0.15, 0.2) is 0 Å². The third-order valence-corrected chi connectivity index (χ3v) is 16.5. The lowest BCUT2D eigenvalue weighted by molar-refractivity contribution is 0.661. The Balaban J connectivity index is 1.12. The molecule has 68 heavy (non-hydrogen) atoms. The molecule has 3 nitrogen and oxygen atoms in total. The van der Waals surface area contributed by atoms with Crippen LogP contribution in [0.25, 0.3) is 99.1 Å². The third-order valence-electron chi connectivity index (χ3n) is 16.5. The quantitative estimate of drug-likeness (QED) is 0.161. The molecule has 0 spiro atoms. The van der Waals surface area contributed by atoms with Gasteiger partial charge in [0.25, 0.3) is 6.71 Å². The van der Waals surface area contributed by atoms with Crippen molar-refractivity contribution in [1.29, 1.82) is 0 Å². The Morgan fingerprint density at radius 2 is 1.15 bits per heavy atom. The van der Waals surface area contributed by atoms with Gasteiger partial charge in [0.05, 0.1) is 22.2 Å². The number of anilines is 3. The normalized spacial score (nSPS) is 14.7. The lowest BCUT2D eigenvalue weighted by Gasteiger charge is -2.41. The van der Waals surface area contributed by atoms with Crippen molar-refractivity contribution in [3.8, 4) is 44.8 Å².